The number of aromatic nitrogens is 2. The van der Waals surface area contributed by atoms with E-state index in [0.29, 0.717) is 0 Å². The number of nitrogens with zero attached hydrogens (tertiary/aromatic N) is 2. The summed E-state index contributed by atoms with van der Waals surface area (Å²) in [4.78, 5) is 0. The van der Waals surface area contributed by atoms with Gasteiger partial charge in [0, 0.05) is 5.69 Å². The van der Waals surface area contributed by atoms with E-state index in [1.54, 1.807) is 0 Å². The minimum Gasteiger partial charge on any atom is -0.311 e. The van der Waals surface area contributed by atoms with Crippen molar-refractivity contribution in [1.82, 2.24) is 15.1 Å². The molecule has 2 rings (SSSR count). The summed E-state index contributed by atoms with van der Waals surface area (Å²) in [6.45, 7) is 10.7. The summed E-state index contributed by atoms with van der Waals surface area (Å²) in [5.74, 6) is 0. The van der Waals surface area contributed by atoms with E-state index in [1.807, 2.05) is 7.05 Å². The first-order valence-corrected chi connectivity index (χ1v) is 7.21. The van der Waals surface area contributed by atoms with Gasteiger partial charge in [-0.25, -0.2) is 0 Å². The smallest absolute Gasteiger partial charge is 0.0688 e. The maximum atomic E-state index is 4.70. The Morgan fingerprint density at radius 3 is 2.10 bits per heavy atom. The van der Waals surface area contributed by atoms with Crippen molar-refractivity contribution >= 4 is 0 Å². The number of hydrogen-bond acceptors (Lipinski definition) is 2. The highest BCUT2D eigenvalue weighted by Crippen LogP contribution is 2.28. The van der Waals surface area contributed by atoms with Crippen LogP contribution in [0.15, 0.2) is 24.3 Å². The summed E-state index contributed by atoms with van der Waals surface area (Å²) >= 11 is 0. The van der Waals surface area contributed by atoms with Crippen molar-refractivity contribution in [1.29, 1.82) is 0 Å². The lowest BCUT2D eigenvalue weighted by Gasteiger charge is -2.25. The van der Waals surface area contributed by atoms with Crippen molar-refractivity contribution in [3.8, 4) is 0 Å². The number of nitrogens with one attached hydrogen (secondary N) is 1. The van der Waals surface area contributed by atoms with Crippen LogP contribution in [0.1, 0.15) is 47.1 Å². The first-order chi connectivity index (χ1) is 9.45. The molecular formula is C17H25N3. The van der Waals surface area contributed by atoms with Crippen LogP contribution in [0.5, 0.6) is 0 Å². The first-order valence-electron chi connectivity index (χ1n) is 7.21. The van der Waals surface area contributed by atoms with Crippen molar-refractivity contribution in [3.05, 3.63) is 52.3 Å². The van der Waals surface area contributed by atoms with E-state index in [-0.39, 0.29) is 12.1 Å². The molecule has 0 aliphatic heterocycles. The third kappa shape index (κ3) is 2.63. The minimum absolute atomic E-state index is 0.257. The Balaban J connectivity index is 2.35. The van der Waals surface area contributed by atoms with Gasteiger partial charge >= 0.3 is 0 Å². The SMILES string of the molecule is CNC(c1ccc(C)cc1)C(C)n1nc(C)c(C)c1C. The van der Waals surface area contributed by atoms with Crippen LogP contribution < -0.4 is 5.32 Å². The lowest BCUT2D eigenvalue weighted by atomic mass is 9.99. The fraction of sp³-hybridized carbons (Fsp3) is 0.471. The lowest BCUT2D eigenvalue weighted by molar-refractivity contribution is 0.365. The summed E-state index contributed by atoms with van der Waals surface area (Å²) in [5, 5.41) is 8.13. The van der Waals surface area contributed by atoms with Crippen LogP contribution in [0.25, 0.3) is 0 Å². The van der Waals surface area contributed by atoms with Gasteiger partial charge in [-0.15, -0.1) is 0 Å². The third-order valence-corrected chi connectivity index (χ3v) is 4.30. The molecular weight excluding hydrogens is 246 g/mol. The lowest BCUT2D eigenvalue weighted by Crippen LogP contribution is -2.27. The molecule has 0 radical (unpaired) electrons. The molecule has 0 fully saturated rings. The number of rotatable bonds is 4. The Labute approximate surface area is 122 Å². The van der Waals surface area contributed by atoms with Crippen molar-refractivity contribution in [3.63, 3.8) is 0 Å². The Morgan fingerprint density at radius 2 is 1.65 bits per heavy atom. The molecule has 0 amide bonds. The highest BCUT2D eigenvalue weighted by atomic mass is 15.3. The molecule has 1 heterocycles. The van der Waals surface area contributed by atoms with E-state index in [2.05, 4.69) is 68.9 Å². The van der Waals surface area contributed by atoms with Crippen LogP contribution in [-0.2, 0) is 0 Å². The Hall–Kier alpha value is -1.61. The van der Waals surface area contributed by atoms with E-state index in [4.69, 9.17) is 5.10 Å². The van der Waals surface area contributed by atoms with Crippen molar-refractivity contribution in [2.45, 2.75) is 46.7 Å². The van der Waals surface area contributed by atoms with E-state index >= 15 is 0 Å². The van der Waals surface area contributed by atoms with Gasteiger partial charge in [-0.3, -0.25) is 4.68 Å². The van der Waals surface area contributed by atoms with Gasteiger partial charge in [0.05, 0.1) is 17.8 Å². The monoisotopic (exact) mass is 271 g/mol. The Morgan fingerprint density at radius 1 is 1.05 bits per heavy atom. The second-order valence-corrected chi connectivity index (χ2v) is 5.66. The normalized spacial score (nSPS) is 14.3. The Bertz CT molecular complexity index is 581. The largest absolute Gasteiger partial charge is 0.311 e. The van der Waals surface area contributed by atoms with Gasteiger partial charge < -0.3 is 5.32 Å². The summed E-state index contributed by atoms with van der Waals surface area (Å²) in [6, 6.07) is 9.26. The van der Waals surface area contributed by atoms with E-state index < -0.39 is 0 Å². The number of aryl methyl sites for hydroxylation is 2. The molecule has 3 nitrogen and oxygen atoms in total. The molecule has 2 unspecified atom stereocenters. The fourth-order valence-electron chi connectivity index (χ4n) is 2.74. The van der Waals surface area contributed by atoms with Crippen LogP contribution in [0, 0.1) is 27.7 Å². The maximum Gasteiger partial charge on any atom is 0.0688 e. The molecule has 0 aliphatic rings. The fourth-order valence-corrected chi connectivity index (χ4v) is 2.74. The van der Waals surface area contributed by atoms with Crippen LogP contribution in [0.4, 0.5) is 0 Å². The average Bonchev–Trinajstić information content (AvgIpc) is 2.69. The molecule has 1 N–H and O–H groups in total. The highest BCUT2D eigenvalue weighted by Gasteiger charge is 2.22. The molecule has 20 heavy (non-hydrogen) atoms. The summed E-state index contributed by atoms with van der Waals surface area (Å²) < 4.78 is 2.14. The summed E-state index contributed by atoms with van der Waals surface area (Å²) in [5.41, 5.74) is 6.25. The van der Waals surface area contributed by atoms with Gasteiger partial charge in [-0.1, -0.05) is 29.8 Å². The zero-order chi connectivity index (χ0) is 14.9. The molecule has 0 aliphatic carbocycles. The summed E-state index contributed by atoms with van der Waals surface area (Å²) in [7, 11) is 2.01. The first kappa shape index (κ1) is 14.8. The topological polar surface area (TPSA) is 29.9 Å². The molecule has 0 bridgehead atoms. The molecule has 3 heteroatoms. The van der Waals surface area contributed by atoms with Gasteiger partial charge in [-0.05, 0) is 52.8 Å². The van der Waals surface area contributed by atoms with Crippen molar-refractivity contribution < 1.29 is 0 Å². The number of hydrogen-bond donors (Lipinski definition) is 1. The van der Waals surface area contributed by atoms with E-state index in [9.17, 15) is 0 Å². The van der Waals surface area contributed by atoms with Crippen molar-refractivity contribution in [2.75, 3.05) is 7.05 Å². The average molecular weight is 271 g/mol. The van der Waals surface area contributed by atoms with Gasteiger partial charge in [0.15, 0.2) is 0 Å². The highest BCUT2D eigenvalue weighted by molar-refractivity contribution is 5.27. The second-order valence-electron chi connectivity index (χ2n) is 5.66. The van der Waals surface area contributed by atoms with Gasteiger partial charge in [0.2, 0.25) is 0 Å². The number of likely N-dealkylation sites (N-methyl/N-ethyl adjacent to an activating group) is 1. The molecule has 0 saturated heterocycles. The van der Waals surface area contributed by atoms with Gasteiger partial charge in [0.25, 0.3) is 0 Å². The molecule has 108 valence electrons. The van der Waals surface area contributed by atoms with Crippen LogP contribution in [-0.4, -0.2) is 16.8 Å². The zero-order valence-electron chi connectivity index (χ0n) is 13.4. The standard InChI is InChI=1S/C17H25N3/c1-11-7-9-16(10-8-11)17(18-6)15(5)20-14(4)12(2)13(3)19-20/h7-10,15,17-18H,1-6H3. The molecule has 1 aromatic carbocycles. The Kier molecular flexibility index (Phi) is 4.29. The predicted octanol–water partition coefficient (Wildman–Crippen LogP) is 3.64. The quantitative estimate of drug-likeness (QED) is 0.920. The predicted molar refractivity (Wildman–Crippen MR) is 84.1 cm³/mol. The molecule has 1 aromatic heterocycles. The summed E-state index contributed by atoms with van der Waals surface area (Å²) in [6.07, 6.45) is 0. The minimum atomic E-state index is 0.257. The number of benzene rings is 1. The van der Waals surface area contributed by atoms with E-state index in [0.717, 1.165) is 5.69 Å². The van der Waals surface area contributed by atoms with Crippen molar-refractivity contribution in [2.24, 2.45) is 0 Å². The third-order valence-electron chi connectivity index (χ3n) is 4.30. The molecule has 0 spiro atoms. The van der Waals surface area contributed by atoms with Gasteiger partial charge in [-0.2, -0.15) is 5.10 Å². The van der Waals surface area contributed by atoms with Crippen LogP contribution in [0.3, 0.4) is 0 Å². The second kappa shape index (κ2) is 5.80. The van der Waals surface area contributed by atoms with E-state index in [1.165, 1.54) is 22.4 Å². The van der Waals surface area contributed by atoms with Gasteiger partial charge in [0.1, 0.15) is 0 Å². The molecule has 2 aromatic rings. The van der Waals surface area contributed by atoms with Crippen LogP contribution >= 0.6 is 0 Å². The zero-order valence-corrected chi connectivity index (χ0v) is 13.4. The molecule has 2 atom stereocenters. The molecule has 0 saturated carbocycles. The maximum absolute atomic E-state index is 4.70. The van der Waals surface area contributed by atoms with Crippen LogP contribution in [0.2, 0.25) is 0 Å².